The van der Waals surface area contributed by atoms with Gasteiger partial charge in [0.05, 0.1) is 17.3 Å². The van der Waals surface area contributed by atoms with Crippen molar-refractivity contribution >= 4 is 27.5 Å². The predicted molar refractivity (Wildman–Crippen MR) is 64.7 cm³/mol. The summed E-state index contributed by atoms with van der Waals surface area (Å²) in [5.74, 6) is 2.05. The fourth-order valence-electron chi connectivity index (χ4n) is 1.34. The summed E-state index contributed by atoms with van der Waals surface area (Å²) in [4.78, 5) is 4.37. The van der Waals surface area contributed by atoms with E-state index in [0.29, 0.717) is 5.92 Å². The van der Waals surface area contributed by atoms with Crippen LogP contribution in [0.4, 0.5) is 5.69 Å². The van der Waals surface area contributed by atoms with Crippen molar-refractivity contribution in [1.82, 2.24) is 0 Å². The van der Waals surface area contributed by atoms with Crippen LogP contribution in [-0.4, -0.2) is 12.9 Å². The average Bonchev–Trinajstić information content (AvgIpc) is 3.01. The molecule has 0 heterocycles. The molecule has 0 radical (unpaired) electrons. The maximum Gasteiger partial charge on any atom is 0.133 e. The maximum atomic E-state index is 5.84. The highest BCUT2D eigenvalue weighted by Gasteiger charge is 2.25. The lowest BCUT2D eigenvalue weighted by molar-refractivity contribution is 0.412. The molecular weight excluding hydrogens is 256 g/mol. The minimum atomic E-state index is 0.505. The van der Waals surface area contributed by atoms with Crippen molar-refractivity contribution in [3.05, 3.63) is 22.7 Å². The van der Waals surface area contributed by atoms with Gasteiger partial charge in [0.15, 0.2) is 0 Å². The number of hydrogen-bond donors (Lipinski definition) is 1. The van der Waals surface area contributed by atoms with Gasteiger partial charge in [0, 0.05) is 5.92 Å². The molecule has 1 aliphatic rings. The third kappa shape index (κ3) is 2.50. The molecule has 1 aromatic rings. The van der Waals surface area contributed by atoms with Crippen LogP contribution in [0.15, 0.2) is 27.7 Å². The second kappa shape index (κ2) is 4.23. The second-order valence-corrected chi connectivity index (χ2v) is 4.48. The SMILES string of the molecule is COc1ccc(N=C(N)C2CC2)cc1Br. The molecule has 0 aromatic heterocycles. The van der Waals surface area contributed by atoms with E-state index < -0.39 is 0 Å². The van der Waals surface area contributed by atoms with E-state index in [0.717, 1.165) is 21.7 Å². The number of nitrogens with two attached hydrogens (primary N) is 1. The van der Waals surface area contributed by atoms with Crippen molar-refractivity contribution < 1.29 is 4.74 Å². The van der Waals surface area contributed by atoms with Gasteiger partial charge in [-0.15, -0.1) is 0 Å². The Morgan fingerprint density at radius 3 is 2.80 bits per heavy atom. The van der Waals surface area contributed by atoms with Gasteiger partial charge in [-0.05, 0) is 47.0 Å². The highest BCUT2D eigenvalue weighted by atomic mass is 79.9. The minimum absolute atomic E-state index is 0.505. The van der Waals surface area contributed by atoms with E-state index in [2.05, 4.69) is 20.9 Å². The standard InChI is InChI=1S/C11H13BrN2O/c1-15-10-5-4-8(6-9(10)12)14-11(13)7-2-3-7/h4-7H,2-3H2,1H3,(H2,13,14). The van der Waals surface area contributed by atoms with Crippen LogP contribution in [0.5, 0.6) is 5.75 Å². The van der Waals surface area contributed by atoms with E-state index in [1.54, 1.807) is 7.11 Å². The first-order chi connectivity index (χ1) is 7.20. The molecule has 0 spiro atoms. The molecule has 0 bridgehead atoms. The molecule has 2 N–H and O–H groups in total. The Kier molecular flexibility index (Phi) is 2.95. The Balaban J connectivity index is 2.22. The molecule has 1 saturated carbocycles. The lowest BCUT2D eigenvalue weighted by Gasteiger charge is -2.04. The molecule has 15 heavy (non-hydrogen) atoms. The van der Waals surface area contributed by atoms with Gasteiger partial charge in [-0.3, -0.25) is 0 Å². The quantitative estimate of drug-likeness (QED) is 0.677. The van der Waals surface area contributed by atoms with Crippen molar-refractivity contribution in [2.75, 3.05) is 7.11 Å². The lowest BCUT2D eigenvalue weighted by atomic mass is 10.3. The molecule has 0 amide bonds. The molecule has 0 unspecified atom stereocenters. The first kappa shape index (κ1) is 10.5. The third-order valence-corrected chi connectivity index (χ3v) is 3.01. The van der Waals surface area contributed by atoms with E-state index in [1.807, 2.05) is 18.2 Å². The van der Waals surface area contributed by atoms with Crippen LogP contribution in [-0.2, 0) is 0 Å². The first-order valence-electron chi connectivity index (χ1n) is 4.88. The molecule has 3 nitrogen and oxygen atoms in total. The largest absolute Gasteiger partial charge is 0.496 e. The molecule has 1 aliphatic carbocycles. The fourth-order valence-corrected chi connectivity index (χ4v) is 1.87. The summed E-state index contributed by atoms with van der Waals surface area (Å²) >= 11 is 3.41. The predicted octanol–water partition coefficient (Wildman–Crippen LogP) is 2.86. The molecule has 2 rings (SSSR count). The van der Waals surface area contributed by atoms with Crippen LogP contribution in [0.1, 0.15) is 12.8 Å². The number of halogens is 1. The summed E-state index contributed by atoms with van der Waals surface area (Å²) in [6.07, 6.45) is 2.35. The highest BCUT2D eigenvalue weighted by molar-refractivity contribution is 9.10. The molecule has 0 atom stereocenters. The number of ether oxygens (including phenoxy) is 1. The topological polar surface area (TPSA) is 47.6 Å². The Morgan fingerprint density at radius 1 is 1.53 bits per heavy atom. The van der Waals surface area contributed by atoms with Gasteiger partial charge in [0.25, 0.3) is 0 Å². The molecule has 80 valence electrons. The molecule has 1 fully saturated rings. The van der Waals surface area contributed by atoms with Gasteiger partial charge in [-0.2, -0.15) is 0 Å². The van der Waals surface area contributed by atoms with Crippen LogP contribution < -0.4 is 10.5 Å². The van der Waals surface area contributed by atoms with Gasteiger partial charge in [-0.1, -0.05) is 0 Å². The normalized spacial score (nSPS) is 16.5. The van der Waals surface area contributed by atoms with Crippen LogP contribution in [0.3, 0.4) is 0 Å². The van der Waals surface area contributed by atoms with Crippen LogP contribution in [0, 0.1) is 5.92 Å². The van der Waals surface area contributed by atoms with Crippen molar-refractivity contribution in [2.45, 2.75) is 12.8 Å². The van der Waals surface area contributed by atoms with Gasteiger partial charge in [0.1, 0.15) is 11.6 Å². The number of methoxy groups -OCH3 is 1. The highest BCUT2D eigenvalue weighted by Crippen LogP contribution is 2.32. The summed E-state index contributed by atoms with van der Waals surface area (Å²) in [6, 6.07) is 5.69. The van der Waals surface area contributed by atoms with Crippen LogP contribution in [0.25, 0.3) is 0 Å². The molecular formula is C11H13BrN2O. The van der Waals surface area contributed by atoms with Gasteiger partial charge >= 0.3 is 0 Å². The number of amidine groups is 1. The number of rotatable bonds is 3. The molecule has 4 heteroatoms. The zero-order valence-corrected chi connectivity index (χ0v) is 10.1. The van der Waals surface area contributed by atoms with E-state index in [-0.39, 0.29) is 0 Å². The lowest BCUT2D eigenvalue weighted by Crippen LogP contribution is -2.12. The monoisotopic (exact) mass is 268 g/mol. The summed E-state index contributed by atoms with van der Waals surface area (Å²) in [7, 11) is 1.64. The smallest absolute Gasteiger partial charge is 0.133 e. The van der Waals surface area contributed by atoms with Crippen molar-refractivity contribution in [3.8, 4) is 5.75 Å². The van der Waals surface area contributed by atoms with E-state index in [9.17, 15) is 0 Å². The van der Waals surface area contributed by atoms with E-state index in [4.69, 9.17) is 10.5 Å². The number of nitrogens with zero attached hydrogens (tertiary/aromatic N) is 1. The second-order valence-electron chi connectivity index (χ2n) is 3.63. The van der Waals surface area contributed by atoms with Gasteiger partial charge in [0.2, 0.25) is 0 Å². The summed E-state index contributed by atoms with van der Waals surface area (Å²) in [5.41, 5.74) is 6.70. The Labute approximate surface area is 97.5 Å². The Hall–Kier alpha value is -1.03. The number of hydrogen-bond acceptors (Lipinski definition) is 2. The zero-order chi connectivity index (χ0) is 10.8. The summed E-state index contributed by atoms with van der Waals surface area (Å²) in [6.45, 7) is 0. The van der Waals surface area contributed by atoms with Crippen molar-refractivity contribution in [3.63, 3.8) is 0 Å². The zero-order valence-electron chi connectivity index (χ0n) is 8.53. The molecule has 0 saturated heterocycles. The van der Waals surface area contributed by atoms with Crippen molar-refractivity contribution in [2.24, 2.45) is 16.6 Å². The van der Waals surface area contributed by atoms with E-state index >= 15 is 0 Å². The Morgan fingerprint density at radius 2 is 2.27 bits per heavy atom. The number of benzene rings is 1. The number of aliphatic imine (C=N–C) groups is 1. The van der Waals surface area contributed by atoms with E-state index in [1.165, 1.54) is 12.8 Å². The van der Waals surface area contributed by atoms with Crippen LogP contribution in [0.2, 0.25) is 0 Å². The van der Waals surface area contributed by atoms with Crippen LogP contribution >= 0.6 is 15.9 Å². The first-order valence-corrected chi connectivity index (χ1v) is 5.67. The summed E-state index contributed by atoms with van der Waals surface area (Å²) in [5, 5.41) is 0. The third-order valence-electron chi connectivity index (χ3n) is 2.39. The maximum absolute atomic E-state index is 5.84. The fraction of sp³-hybridized carbons (Fsp3) is 0.364. The van der Waals surface area contributed by atoms with Gasteiger partial charge < -0.3 is 10.5 Å². The average molecular weight is 269 g/mol. The molecule has 1 aromatic carbocycles. The van der Waals surface area contributed by atoms with Gasteiger partial charge in [-0.25, -0.2) is 4.99 Å². The minimum Gasteiger partial charge on any atom is -0.496 e. The Bertz CT molecular complexity index is 400. The molecule has 0 aliphatic heterocycles. The summed E-state index contributed by atoms with van der Waals surface area (Å²) < 4.78 is 6.04. The van der Waals surface area contributed by atoms with Crippen molar-refractivity contribution in [1.29, 1.82) is 0 Å².